The molecule has 0 atom stereocenters. The number of fused-ring (bicyclic) bond motifs is 2. The van der Waals surface area contributed by atoms with E-state index in [-0.39, 0.29) is 23.2 Å². The van der Waals surface area contributed by atoms with Gasteiger partial charge in [-0.15, -0.1) is 0 Å². The summed E-state index contributed by atoms with van der Waals surface area (Å²) in [6.45, 7) is 3.70. The standard InChI is InChI=1S/C24H30N4O2.C17H18N4O2.C7H13Br/c29-24-21-16-25-28(20-11-13-30-14-12-20)23(21)26-22(15-18-7-3-1-4-8-18)27(24)17-19-9-5-2-6-10-19;22-17-14-11-18-21(13-6-8-23-9-7-13)16(14)19-15(20-17)10-12-4-2-1-3-5-12;8-6-7-4-2-1-3-5-7/h1,3-4,7-8,16,19-20H,2,5-6,9-15,17H2;1-5,11,13H,6-10H2,(H,19,20,22);7H,1-6H2. The van der Waals surface area contributed by atoms with E-state index in [1.807, 2.05) is 62.5 Å². The average molecular weight is 894 g/mol. The van der Waals surface area contributed by atoms with Gasteiger partial charge in [-0.3, -0.25) is 14.2 Å². The number of aromatic nitrogens is 8. The van der Waals surface area contributed by atoms with Crippen LogP contribution in [0.1, 0.15) is 125 Å². The minimum absolute atomic E-state index is 0.0646. The highest BCUT2D eigenvalue weighted by Crippen LogP contribution is 2.28. The maximum Gasteiger partial charge on any atom is 0.264 e. The van der Waals surface area contributed by atoms with Gasteiger partial charge in [-0.1, -0.05) is 115 Å². The fraction of sp³-hybridized carbons (Fsp3) is 0.542. The van der Waals surface area contributed by atoms with Crippen LogP contribution in [0.25, 0.3) is 22.1 Å². The van der Waals surface area contributed by atoms with Crippen molar-refractivity contribution < 1.29 is 9.47 Å². The zero-order valence-electron chi connectivity index (χ0n) is 35.4. The Labute approximate surface area is 366 Å². The maximum absolute atomic E-state index is 13.6. The Morgan fingerprint density at radius 1 is 0.607 bits per heavy atom. The van der Waals surface area contributed by atoms with Crippen LogP contribution in [0, 0.1) is 11.8 Å². The Bertz CT molecular complexity index is 2390. The molecule has 0 bridgehead atoms. The lowest BCUT2D eigenvalue weighted by atomic mass is 9.89. The van der Waals surface area contributed by atoms with Gasteiger partial charge in [-0.25, -0.2) is 19.3 Å². The van der Waals surface area contributed by atoms with E-state index in [0.717, 1.165) is 81.6 Å². The first kappa shape index (κ1) is 43.2. The van der Waals surface area contributed by atoms with Crippen molar-refractivity contribution in [2.24, 2.45) is 11.8 Å². The van der Waals surface area contributed by atoms with Gasteiger partial charge in [0.15, 0.2) is 11.3 Å². The smallest absolute Gasteiger partial charge is 0.264 e. The first-order chi connectivity index (χ1) is 30.0. The summed E-state index contributed by atoms with van der Waals surface area (Å²) in [5.74, 6) is 3.10. The average Bonchev–Trinajstić information content (AvgIpc) is 3.95. The van der Waals surface area contributed by atoms with E-state index < -0.39 is 0 Å². The molecule has 2 saturated heterocycles. The van der Waals surface area contributed by atoms with Crippen LogP contribution in [-0.2, 0) is 28.9 Å². The molecule has 2 aromatic carbocycles. The number of nitrogens with one attached hydrogen (secondary N) is 1. The normalized spacial score (nSPS) is 18.4. The molecule has 13 heteroatoms. The second kappa shape index (κ2) is 21.6. The third kappa shape index (κ3) is 11.1. The van der Waals surface area contributed by atoms with Crippen molar-refractivity contribution in [3.05, 3.63) is 117 Å². The quantitative estimate of drug-likeness (QED) is 0.142. The first-order valence-electron chi connectivity index (χ1n) is 22.8. The second-order valence-electron chi connectivity index (χ2n) is 17.3. The number of alkyl halides is 1. The molecule has 12 nitrogen and oxygen atoms in total. The summed E-state index contributed by atoms with van der Waals surface area (Å²) in [6, 6.07) is 20.8. The van der Waals surface area contributed by atoms with E-state index in [1.165, 1.54) is 75.1 Å². The maximum atomic E-state index is 13.6. The summed E-state index contributed by atoms with van der Waals surface area (Å²) in [5, 5.41) is 11.4. The Kier molecular flexibility index (Phi) is 15.3. The lowest BCUT2D eigenvalue weighted by Gasteiger charge is -2.25. The molecule has 2 aliphatic carbocycles. The molecule has 4 fully saturated rings. The summed E-state index contributed by atoms with van der Waals surface area (Å²) >= 11 is 3.51. The molecule has 10 rings (SSSR count). The van der Waals surface area contributed by atoms with Gasteiger partial charge in [0.2, 0.25) is 0 Å². The van der Waals surface area contributed by atoms with Crippen LogP contribution >= 0.6 is 15.9 Å². The van der Waals surface area contributed by atoms with Gasteiger partial charge in [0.05, 0.1) is 24.5 Å². The monoisotopic (exact) mass is 892 g/mol. The summed E-state index contributed by atoms with van der Waals surface area (Å²) in [6.07, 6.45) is 21.8. The largest absolute Gasteiger partial charge is 0.381 e. The number of hydrogen-bond acceptors (Lipinski definition) is 8. The van der Waals surface area contributed by atoms with E-state index >= 15 is 0 Å². The predicted molar refractivity (Wildman–Crippen MR) is 244 cm³/mol. The highest BCUT2D eigenvalue weighted by atomic mass is 79.9. The third-order valence-electron chi connectivity index (χ3n) is 12.9. The number of rotatable bonds is 9. The van der Waals surface area contributed by atoms with Crippen molar-refractivity contribution in [2.75, 3.05) is 31.8 Å². The third-order valence-corrected chi connectivity index (χ3v) is 13.8. The van der Waals surface area contributed by atoms with Crippen LogP contribution in [0.3, 0.4) is 0 Å². The second-order valence-corrected chi connectivity index (χ2v) is 17.9. The lowest BCUT2D eigenvalue weighted by molar-refractivity contribution is 0.0672. The molecule has 1 N–H and O–H groups in total. The summed E-state index contributed by atoms with van der Waals surface area (Å²) < 4.78 is 16.7. The number of benzene rings is 2. The summed E-state index contributed by atoms with van der Waals surface area (Å²) in [5.41, 5.74) is 3.64. The first-order valence-corrected chi connectivity index (χ1v) is 23.9. The van der Waals surface area contributed by atoms with Gasteiger partial charge in [0.1, 0.15) is 22.4 Å². The van der Waals surface area contributed by atoms with Crippen molar-refractivity contribution in [1.82, 2.24) is 39.1 Å². The Hall–Kier alpha value is -4.46. The zero-order valence-corrected chi connectivity index (χ0v) is 37.0. The minimum atomic E-state index is -0.126. The van der Waals surface area contributed by atoms with E-state index in [2.05, 4.69) is 48.2 Å². The number of nitrogens with zero attached hydrogens (tertiary/aromatic N) is 7. The number of hydrogen-bond donors (Lipinski definition) is 1. The zero-order chi connectivity index (χ0) is 41.8. The molecule has 0 radical (unpaired) electrons. The Morgan fingerprint density at radius 3 is 1.66 bits per heavy atom. The summed E-state index contributed by atoms with van der Waals surface area (Å²) in [7, 11) is 0. The van der Waals surface area contributed by atoms with Crippen molar-refractivity contribution in [3.63, 3.8) is 0 Å². The molecule has 0 spiro atoms. The number of H-pyrrole nitrogens is 1. The lowest BCUT2D eigenvalue weighted by Crippen LogP contribution is -2.30. The van der Waals surface area contributed by atoms with Crippen molar-refractivity contribution in [3.8, 4) is 0 Å². The molecule has 0 amide bonds. The molecule has 2 aliphatic heterocycles. The molecule has 4 aromatic heterocycles. The van der Waals surface area contributed by atoms with Crippen molar-refractivity contribution in [1.29, 1.82) is 0 Å². The van der Waals surface area contributed by atoms with Crippen LogP contribution in [0.4, 0.5) is 0 Å². The van der Waals surface area contributed by atoms with E-state index in [4.69, 9.17) is 14.5 Å². The van der Waals surface area contributed by atoms with Crippen molar-refractivity contribution >= 4 is 38.0 Å². The van der Waals surface area contributed by atoms with Crippen LogP contribution in [-0.4, -0.2) is 70.8 Å². The van der Waals surface area contributed by atoms with Crippen LogP contribution in [0.2, 0.25) is 0 Å². The van der Waals surface area contributed by atoms with Gasteiger partial charge >= 0.3 is 0 Å². The fourth-order valence-electron chi connectivity index (χ4n) is 9.38. The highest BCUT2D eigenvalue weighted by Gasteiger charge is 2.25. The number of ether oxygens (including phenoxy) is 2. The number of halogens is 1. The van der Waals surface area contributed by atoms with Gasteiger partial charge in [-0.2, -0.15) is 10.2 Å². The Balaban J connectivity index is 0.000000146. The van der Waals surface area contributed by atoms with Crippen molar-refractivity contribution in [2.45, 2.75) is 121 Å². The molecular formula is C48H61BrN8O4. The fourth-order valence-corrected chi connectivity index (χ4v) is 10.0. The highest BCUT2D eigenvalue weighted by molar-refractivity contribution is 9.09. The topological polar surface area (TPSA) is 135 Å². The minimum Gasteiger partial charge on any atom is -0.381 e. The van der Waals surface area contributed by atoms with E-state index in [0.29, 0.717) is 41.0 Å². The van der Waals surface area contributed by atoms with E-state index in [9.17, 15) is 9.59 Å². The van der Waals surface area contributed by atoms with Gasteiger partial charge < -0.3 is 14.5 Å². The summed E-state index contributed by atoms with van der Waals surface area (Å²) in [4.78, 5) is 38.5. The molecule has 6 heterocycles. The number of aromatic amines is 1. The Morgan fingerprint density at radius 2 is 1.11 bits per heavy atom. The van der Waals surface area contributed by atoms with Crippen LogP contribution < -0.4 is 11.1 Å². The molecule has 0 unspecified atom stereocenters. The van der Waals surface area contributed by atoms with Gasteiger partial charge in [0.25, 0.3) is 11.1 Å². The molecule has 4 aliphatic rings. The van der Waals surface area contributed by atoms with Crippen LogP contribution in [0.15, 0.2) is 82.6 Å². The van der Waals surface area contributed by atoms with Crippen LogP contribution in [0.5, 0.6) is 0 Å². The van der Waals surface area contributed by atoms with Gasteiger partial charge in [0, 0.05) is 51.1 Å². The molecule has 6 aromatic rings. The van der Waals surface area contributed by atoms with Gasteiger partial charge in [-0.05, 0) is 74.3 Å². The van der Waals surface area contributed by atoms with E-state index in [1.54, 1.807) is 12.4 Å². The SMILES string of the molecule is BrCC1CCCCC1.O=c1[nH]c(Cc2ccccc2)nc2c1cnn2C1CCOCC1.O=c1c2cnn(C3CCOCC3)c2nc(Cc2ccccc2)n1CC1CCCCC1. The molecule has 2 saturated carbocycles. The molecule has 324 valence electrons. The predicted octanol–water partition coefficient (Wildman–Crippen LogP) is 9.14. The molecular weight excluding hydrogens is 832 g/mol. The molecule has 61 heavy (non-hydrogen) atoms.